The van der Waals surface area contributed by atoms with Crippen molar-refractivity contribution in [1.29, 1.82) is 0 Å². The van der Waals surface area contributed by atoms with Crippen LogP contribution in [0.15, 0.2) is 130 Å². The maximum Gasteiger partial charge on any atom is 0.316 e. The lowest BCUT2D eigenvalue weighted by atomic mass is 10.1. The van der Waals surface area contributed by atoms with Crippen molar-refractivity contribution in [3.63, 3.8) is 0 Å². The van der Waals surface area contributed by atoms with Gasteiger partial charge in [-0.2, -0.15) is 82.2 Å². The third-order valence-electron chi connectivity index (χ3n) is 11.3. The van der Waals surface area contributed by atoms with Crippen LogP contribution in [-0.4, -0.2) is 132 Å². The van der Waals surface area contributed by atoms with Gasteiger partial charge in [0.25, 0.3) is 50.6 Å². The number of aliphatic hydroxyl groups is 1. The van der Waals surface area contributed by atoms with Crippen LogP contribution >= 0.6 is 23.2 Å². The number of urea groups is 1. The van der Waals surface area contributed by atoms with Gasteiger partial charge in [0.05, 0.1) is 40.9 Å². The molecule has 85 heavy (non-hydrogen) atoms. The summed E-state index contributed by atoms with van der Waals surface area (Å²) >= 11 is 12.4. The van der Waals surface area contributed by atoms with Gasteiger partial charge in [0.1, 0.15) is 36.7 Å². The summed E-state index contributed by atoms with van der Waals surface area (Å²) in [7, 11) is -24.0. The number of amides is 2. The number of anilines is 7. The summed E-state index contributed by atoms with van der Waals surface area (Å²) in [5.41, 5.74) is 5.04. The van der Waals surface area contributed by atoms with Crippen LogP contribution in [0.25, 0.3) is 21.5 Å². The van der Waals surface area contributed by atoms with E-state index >= 15 is 0 Å². The lowest BCUT2D eigenvalue weighted by Crippen LogP contribution is -2.28. The minimum Gasteiger partial charge on any atom is -0.494 e. The molecule has 446 valence electrons. The number of hydrogen-bond donors (Lipinski definition) is 12. The van der Waals surface area contributed by atoms with Crippen LogP contribution in [0, 0.1) is 6.92 Å². The molecule has 2 amide bonds. The molecular weight excluding hydrogens is 1270 g/mol. The van der Waals surface area contributed by atoms with E-state index in [0.717, 1.165) is 24.3 Å². The number of halogens is 2. The highest BCUT2D eigenvalue weighted by atomic mass is 35.5. The number of aliphatic hydroxyl groups excluding tert-OH is 1. The van der Waals surface area contributed by atoms with Crippen LogP contribution in [-0.2, 0) is 50.6 Å². The number of nitrogens with zero attached hydrogens (tertiary/aromatic N) is 10. The first kappa shape index (κ1) is 62.5. The van der Waals surface area contributed by atoms with Crippen molar-refractivity contribution < 1.29 is 79.5 Å². The van der Waals surface area contributed by atoms with Crippen LogP contribution in [0.1, 0.15) is 5.56 Å². The molecule has 8 rings (SSSR count). The summed E-state index contributed by atoms with van der Waals surface area (Å²) < 4.78 is 177. The molecule has 34 nitrogen and oxygen atoms in total. The number of fused-ring (bicyclic) bond motifs is 2. The molecule has 0 bridgehead atoms. The first-order valence-corrected chi connectivity index (χ1v) is 30.9. The fraction of sp³-hybridized carbons (Fsp3) is 0.114. The molecule has 0 fully saturated rings. The highest BCUT2D eigenvalue weighted by molar-refractivity contribution is 7.87. The fourth-order valence-electron chi connectivity index (χ4n) is 7.69. The van der Waals surface area contributed by atoms with Gasteiger partial charge < -0.3 is 42.2 Å². The minimum absolute atomic E-state index is 0.0976. The quantitative estimate of drug-likeness (QED) is 0.0257. The maximum absolute atomic E-state index is 12.4. The number of carbonyl (C=O) groups is 1. The van der Waals surface area contributed by atoms with Crippen molar-refractivity contribution in [2.45, 2.75) is 37.5 Å². The van der Waals surface area contributed by atoms with Gasteiger partial charge >= 0.3 is 6.03 Å². The molecule has 0 saturated carbocycles. The Morgan fingerprint density at radius 1 is 0.565 bits per heavy atom. The first-order valence-electron chi connectivity index (χ1n) is 22.9. The number of aryl methyl sites for hydroxylation is 1. The number of azo groups is 2. The summed E-state index contributed by atoms with van der Waals surface area (Å²) in [4.78, 5) is 32.2. The van der Waals surface area contributed by atoms with Crippen molar-refractivity contribution in [2.24, 2.45) is 26.2 Å². The molecule has 2 heterocycles. The SMILES string of the molecule is COc1cc(N=Nc2cc(S(=O)(=O)O)c3cccc(S(=O)(=O)O)c3c2)c(C)cc1Nc1nc(Cl)nc(NCC(O)CNc2nc(Cl)nc(Nc3ccc(N=Nc4cc5c(S(=O)(=O)O)cc(S(=O)(=O)O)cc5cc4S(=O)(=O)O)c(NC(N)=O)c3)n2)n1. The standard InChI is InChI=1S/C44H38Cl2N16O18S5/c1-19-8-31(33(80-2)16-29(19)61-59-22-11-27-25(35(13-22)83(71,72)73)4-3-5-34(27)82(68,69)70)52-44-56-39(46)54-42(58-44)49-18-23(63)17-48-41-53-38(45)55-43(57-41)50-21-6-7-28(30(12-21)51-40(47)64)60-62-32-15-26-20(10-37(32)85(77,78)79)9-24(81(65,66)67)14-36(26)84(74,75)76/h3-16,23,63H,17-18H2,1-2H3,(H3,47,51,64)(H,65,66,67)(H,68,69,70)(H,71,72,73)(H,74,75,76)(H,77,78,79)(H2,48,50,53,55,57)(H2,49,52,54,56,58). The minimum atomic E-state index is -5.26. The number of aromatic nitrogens is 6. The van der Waals surface area contributed by atoms with Gasteiger partial charge in [0, 0.05) is 41.0 Å². The largest absolute Gasteiger partial charge is 0.494 e. The second-order valence-corrected chi connectivity index (χ2v) is 24.9. The van der Waals surface area contributed by atoms with Crippen molar-refractivity contribution in [3.8, 4) is 5.75 Å². The highest BCUT2D eigenvalue weighted by Crippen LogP contribution is 2.40. The number of methoxy groups -OCH3 is 1. The number of benzene rings is 6. The number of nitrogens with one attached hydrogen (secondary N) is 5. The van der Waals surface area contributed by atoms with Crippen LogP contribution in [0.2, 0.25) is 10.6 Å². The number of carbonyl (C=O) groups excluding carboxylic acids is 1. The van der Waals surface area contributed by atoms with Gasteiger partial charge in [-0.15, -0.1) is 10.2 Å². The van der Waals surface area contributed by atoms with Gasteiger partial charge in [-0.1, -0.05) is 12.1 Å². The smallest absolute Gasteiger partial charge is 0.316 e. The van der Waals surface area contributed by atoms with E-state index in [4.69, 9.17) is 33.7 Å². The lowest BCUT2D eigenvalue weighted by Gasteiger charge is -2.15. The molecule has 0 saturated heterocycles. The van der Waals surface area contributed by atoms with Crippen molar-refractivity contribution in [2.75, 3.05) is 46.8 Å². The topological polar surface area (TPSA) is 531 Å². The zero-order valence-electron chi connectivity index (χ0n) is 42.5. The number of nitrogens with two attached hydrogens (primary N) is 1. The molecule has 41 heteroatoms. The van der Waals surface area contributed by atoms with E-state index in [9.17, 15) is 74.8 Å². The maximum atomic E-state index is 12.4. The van der Waals surface area contributed by atoms with Crippen molar-refractivity contribution in [3.05, 3.63) is 101 Å². The molecule has 8 aromatic rings. The average Bonchev–Trinajstić information content (AvgIpc) is 1.09. The van der Waals surface area contributed by atoms with E-state index in [2.05, 4.69) is 76.9 Å². The Kier molecular flexibility index (Phi) is 17.8. The zero-order chi connectivity index (χ0) is 62.1. The molecule has 0 radical (unpaired) electrons. The second kappa shape index (κ2) is 24.2. The summed E-state index contributed by atoms with van der Waals surface area (Å²) in [6.07, 6.45) is -1.21. The Balaban J connectivity index is 0.937. The van der Waals surface area contributed by atoms with E-state index in [1.807, 2.05) is 0 Å². The van der Waals surface area contributed by atoms with Crippen LogP contribution < -0.4 is 37.1 Å². The summed E-state index contributed by atoms with van der Waals surface area (Å²) in [6.45, 7) is 1.19. The Morgan fingerprint density at radius 3 is 1.71 bits per heavy atom. The lowest BCUT2D eigenvalue weighted by molar-refractivity contribution is 0.200. The third-order valence-corrected chi connectivity index (χ3v) is 16.1. The van der Waals surface area contributed by atoms with Crippen LogP contribution in [0.5, 0.6) is 5.75 Å². The molecule has 0 aliphatic carbocycles. The van der Waals surface area contributed by atoms with Gasteiger partial charge in [0.15, 0.2) is 0 Å². The molecular formula is C44H38Cl2N16O18S5. The Bertz CT molecular complexity index is 4730. The molecule has 0 aliphatic rings. The predicted octanol–water partition coefficient (Wildman–Crippen LogP) is 6.91. The highest BCUT2D eigenvalue weighted by Gasteiger charge is 2.26. The number of primary amides is 1. The number of rotatable bonds is 21. The first-order chi connectivity index (χ1) is 39.6. The molecule has 0 spiro atoms. The third kappa shape index (κ3) is 15.4. The van der Waals surface area contributed by atoms with E-state index in [1.54, 1.807) is 13.0 Å². The van der Waals surface area contributed by atoms with Crippen LogP contribution in [0.3, 0.4) is 0 Å². The Morgan fingerprint density at radius 2 is 1.13 bits per heavy atom. The van der Waals surface area contributed by atoms with Gasteiger partial charge in [-0.25, -0.2) is 4.79 Å². The summed E-state index contributed by atoms with van der Waals surface area (Å²) in [6, 6.07) is 13.6. The number of hydrogen-bond acceptors (Lipinski definition) is 27. The van der Waals surface area contributed by atoms with Crippen molar-refractivity contribution in [1.82, 2.24) is 29.9 Å². The normalized spacial score (nSPS) is 12.9. The molecule has 1 atom stereocenters. The van der Waals surface area contributed by atoms with Gasteiger partial charge in [-0.05, 0) is 108 Å². The number of ether oxygens (including phenoxy) is 1. The summed E-state index contributed by atoms with van der Waals surface area (Å²) in [5, 5.41) is 38.4. The van der Waals surface area contributed by atoms with Crippen LogP contribution in [0.4, 0.5) is 68.4 Å². The second-order valence-electron chi connectivity index (χ2n) is 17.3. The van der Waals surface area contributed by atoms with Crippen molar-refractivity contribution >= 4 is 165 Å². The average molecular weight is 1310 g/mol. The molecule has 13 N–H and O–H groups in total. The molecule has 0 aliphatic heterocycles. The molecule has 6 aromatic carbocycles. The summed E-state index contributed by atoms with van der Waals surface area (Å²) in [5.74, 6) is -0.389. The zero-order valence-corrected chi connectivity index (χ0v) is 48.1. The van der Waals surface area contributed by atoms with E-state index in [0.29, 0.717) is 23.8 Å². The fourth-order valence-corrected chi connectivity index (χ4v) is 11.4. The Labute approximate surface area is 488 Å². The molecule has 2 aromatic heterocycles. The Hall–Kier alpha value is -8.58. The van der Waals surface area contributed by atoms with E-state index in [1.165, 1.54) is 43.5 Å². The monoisotopic (exact) mass is 1310 g/mol. The predicted molar refractivity (Wildman–Crippen MR) is 302 cm³/mol. The van der Waals surface area contributed by atoms with E-state index in [-0.39, 0.29) is 98.1 Å². The van der Waals surface area contributed by atoms with Gasteiger partial charge in [-0.3, -0.25) is 22.8 Å². The van der Waals surface area contributed by atoms with Gasteiger partial charge in [0.2, 0.25) is 34.4 Å². The molecule has 1 unspecified atom stereocenters. The van der Waals surface area contributed by atoms with E-state index < -0.39 is 104 Å².